The molecule has 1 saturated heterocycles. The van der Waals surface area contributed by atoms with Gasteiger partial charge in [-0.1, -0.05) is 32.0 Å². The summed E-state index contributed by atoms with van der Waals surface area (Å²) in [6.45, 7) is 8.17. The van der Waals surface area contributed by atoms with E-state index in [1.54, 1.807) is 13.8 Å². The highest BCUT2D eigenvalue weighted by atomic mass is 16.5. The zero-order valence-electron chi connectivity index (χ0n) is 21.6. The number of H-pyrrole nitrogens is 1. The molecule has 2 aromatic rings. The molecule has 3 N–H and O–H groups in total. The fourth-order valence-electron chi connectivity index (χ4n) is 9.12. The summed E-state index contributed by atoms with van der Waals surface area (Å²) in [5, 5.41) is 23.8. The van der Waals surface area contributed by atoms with Gasteiger partial charge in [0.1, 0.15) is 5.41 Å². The van der Waals surface area contributed by atoms with Crippen LogP contribution in [-0.2, 0) is 26.1 Å². The lowest BCUT2D eigenvalue weighted by Crippen LogP contribution is -2.72. The zero-order valence-corrected chi connectivity index (χ0v) is 21.6. The van der Waals surface area contributed by atoms with Crippen molar-refractivity contribution in [2.75, 3.05) is 7.11 Å². The second-order valence-corrected chi connectivity index (χ2v) is 12.7. The largest absolute Gasteiger partial charge is 0.468 e. The molecule has 190 valence electrons. The van der Waals surface area contributed by atoms with Crippen molar-refractivity contribution < 1.29 is 24.5 Å². The van der Waals surface area contributed by atoms with Crippen molar-refractivity contribution in [3.05, 3.63) is 35.5 Å². The quantitative estimate of drug-likeness (QED) is 0.558. The van der Waals surface area contributed by atoms with Crippen LogP contribution in [0.2, 0.25) is 0 Å². The Labute approximate surface area is 207 Å². The predicted octanol–water partition coefficient (Wildman–Crippen LogP) is 4.26. The van der Waals surface area contributed by atoms with Crippen LogP contribution < -0.4 is 0 Å². The van der Waals surface area contributed by atoms with E-state index < -0.39 is 29.3 Å². The molecular formula is C29H39NO5. The molecule has 8 atom stereocenters. The number of esters is 1. The van der Waals surface area contributed by atoms with Crippen LogP contribution in [0.4, 0.5) is 0 Å². The van der Waals surface area contributed by atoms with E-state index in [0.717, 1.165) is 25.7 Å². The average Bonchev–Trinajstić information content (AvgIpc) is 3.32. The monoisotopic (exact) mass is 481 g/mol. The number of rotatable bonds is 2. The summed E-state index contributed by atoms with van der Waals surface area (Å²) < 4.78 is 11.9. The highest BCUT2D eigenvalue weighted by Crippen LogP contribution is 2.71. The van der Waals surface area contributed by atoms with E-state index in [1.807, 2.05) is 0 Å². The first-order valence-corrected chi connectivity index (χ1v) is 13.2. The van der Waals surface area contributed by atoms with Gasteiger partial charge in [-0.05, 0) is 74.8 Å². The Hall–Kier alpha value is -1.89. The number of carbonyl (C=O) groups is 1. The molecule has 2 heterocycles. The fourth-order valence-corrected chi connectivity index (χ4v) is 9.12. The fraction of sp³-hybridized carbons (Fsp3) is 0.690. The van der Waals surface area contributed by atoms with Gasteiger partial charge < -0.3 is 24.7 Å². The number of para-hydroxylation sites is 1. The molecule has 0 spiro atoms. The molecule has 4 aliphatic rings. The maximum Gasteiger partial charge on any atom is 0.317 e. The number of aliphatic hydroxyl groups is 2. The SMILES string of the molecule is COC(=O)C12C(O)C[C@@H](C(C)(C)O)OC1CC[C@@]1(C)[C@H]2CC[C@H]2Cc3c([nH]c4ccccc34)[C@@]21C. The third-order valence-electron chi connectivity index (χ3n) is 11.0. The van der Waals surface area contributed by atoms with Gasteiger partial charge in [0.2, 0.25) is 0 Å². The van der Waals surface area contributed by atoms with Gasteiger partial charge >= 0.3 is 5.97 Å². The number of hydrogen-bond acceptors (Lipinski definition) is 5. The van der Waals surface area contributed by atoms with Gasteiger partial charge in [0.15, 0.2) is 0 Å². The third-order valence-corrected chi connectivity index (χ3v) is 11.0. The lowest BCUT2D eigenvalue weighted by atomic mass is 9.39. The standard InChI is InChI=1S/C29H39NO5/c1-26(2,33)23-15-21(31)29(25(32)34-5)20-11-10-16-14-18-17-8-6-7-9-19(17)30-24(18)28(16,4)27(20,3)13-12-22(29)35-23/h6-9,16,20-23,30-31,33H,10-15H2,1-5H3/t16-,20+,21?,22?,23-,27-,28+,29?/m0/s1. The number of fused-ring (bicyclic) bond motifs is 9. The number of hydrogen-bond donors (Lipinski definition) is 3. The minimum Gasteiger partial charge on any atom is -0.468 e. The van der Waals surface area contributed by atoms with Gasteiger partial charge in [-0.15, -0.1) is 0 Å². The molecule has 6 heteroatoms. The molecule has 0 radical (unpaired) electrons. The second-order valence-electron chi connectivity index (χ2n) is 12.7. The van der Waals surface area contributed by atoms with Crippen LogP contribution in [0, 0.1) is 22.7 Å². The van der Waals surface area contributed by atoms with E-state index in [2.05, 4.69) is 43.1 Å². The van der Waals surface area contributed by atoms with Crippen molar-refractivity contribution in [3.8, 4) is 0 Å². The molecule has 6 rings (SSSR count). The van der Waals surface area contributed by atoms with E-state index in [0.29, 0.717) is 12.3 Å². The summed E-state index contributed by atoms with van der Waals surface area (Å²) in [7, 11) is 1.42. The smallest absolute Gasteiger partial charge is 0.317 e. The summed E-state index contributed by atoms with van der Waals surface area (Å²) in [5.74, 6) is 0.0428. The van der Waals surface area contributed by atoms with Crippen LogP contribution in [0.3, 0.4) is 0 Å². The second kappa shape index (κ2) is 7.33. The molecule has 6 nitrogen and oxygen atoms in total. The Kier molecular flexibility index (Phi) is 4.92. The van der Waals surface area contributed by atoms with Gasteiger partial charge in [0.05, 0.1) is 31.0 Å². The van der Waals surface area contributed by atoms with E-state index in [4.69, 9.17) is 9.47 Å². The van der Waals surface area contributed by atoms with Crippen LogP contribution in [-0.4, -0.2) is 52.2 Å². The van der Waals surface area contributed by atoms with Crippen LogP contribution in [0.1, 0.15) is 71.1 Å². The Morgan fingerprint density at radius 1 is 1.20 bits per heavy atom. The number of aromatic nitrogens is 1. The summed E-state index contributed by atoms with van der Waals surface area (Å²) in [6, 6.07) is 8.55. The first-order valence-electron chi connectivity index (χ1n) is 13.2. The van der Waals surface area contributed by atoms with Crippen molar-refractivity contribution >= 4 is 16.9 Å². The lowest BCUT2D eigenvalue weighted by Gasteiger charge is -2.67. The molecular weight excluding hydrogens is 442 g/mol. The molecule has 2 saturated carbocycles. The van der Waals surface area contributed by atoms with Gasteiger partial charge in [-0.25, -0.2) is 0 Å². The number of nitrogens with one attached hydrogen (secondary N) is 1. The zero-order chi connectivity index (χ0) is 25.0. The molecule has 35 heavy (non-hydrogen) atoms. The van der Waals surface area contributed by atoms with Crippen molar-refractivity contribution in [2.45, 2.75) is 95.5 Å². The van der Waals surface area contributed by atoms with Crippen LogP contribution in [0.15, 0.2) is 24.3 Å². The summed E-state index contributed by atoms with van der Waals surface area (Å²) in [6.07, 6.45) is 2.75. The molecule has 1 aromatic carbocycles. The van der Waals surface area contributed by atoms with E-state index in [-0.39, 0.29) is 29.1 Å². The number of benzene rings is 1. The van der Waals surface area contributed by atoms with Gasteiger partial charge in [0.25, 0.3) is 0 Å². The van der Waals surface area contributed by atoms with Gasteiger partial charge in [-0.3, -0.25) is 4.79 Å². The molecule has 0 amide bonds. The van der Waals surface area contributed by atoms with Crippen LogP contribution in [0.25, 0.3) is 10.9 Å². The van der Waals surface area contributed by atoms with Crippen molar-refractivity contribution in [1.29, 1.82) is 0 Å². The maximum atomic E-state index is 13.7. The Morgan fingerprint density at radius 3 is 2.66 bits per heavy atom. The predicted molar refractivity (Wildman–Crippen MR) is 133 cm³/mol. The highest BCUT2D eigenvalue weighted by molar-refractivity contribution is 5.86. The Bertz CT molecular complexity index is 1180. The lowest BCUT2D eigenvalue weighted by molar-refractivity contribution is -0.284. The van der Waals surface area contributed by atoms with E-state index >= 15 is 0 Å². The first kappa shape index (κ1) is 23.5. The van der Waals surface area contributed by atoms with Crippen molar-refractivity contribution in [3.63, 3.8) is 0 Å². The van der Waals surface area contributed by atoms with E-state index in [1.165, 1.54) is 29.3 Å². The molecule has 1 aliphatic heterocycles. The number of ether oxygens (including phenoxy) is 2. The van der Waals surface area contributed by atoms with Crippen LogP contribution in [0.5, 0.6) is 0 Å². The van der Waals surface area contributed by atoms with Crippen LogP contribution >= 0.6 is 0 Å². The number of aromatic amines is 1. The maximum absolute atomic E-state index is 13.7. The number of carbonyl (C=O) groups excluding carboxylic acids is 1. The average molecular weight is 482 g/mol. The molecule has 0 bridgehead atoms. The third kappa shape index (κ3) is 2.74. The first-order chi connectivity index (χ1) is 16.5. The number of methoxy groups -OCH3 is 1. The normalized spacial score (nSPS) is 42.7. The minimum absolute atomic E-state index is 0.0856. The molecule has 3 aliphatic carbocycles. The topological polar surface area (TPSA) is 91.8 Å². The highest BCUT2D eigenvalue weighted by Gasteiger charge is 2.73. The van der Waals surface area contributed by atoms with E-state index in [9.17, 15) is 15.0 Å². The summed E-state index contributed by atoms with van der Waals surface area (Å²) >= 11 is 0. The van der Waals surface area contributed by atoms with Crippen molar-refractivity contribution in [1.82, 2.24) is 4.98 Å². The Balaban J connectivity index is 1.50. The van der Waals surface area contributed by atoms with Gasteiger partial charge in [-0.2, -0.15) is 0 Å². The molecule has 1 aromatic heterocycles. The Morgan fingerprint density at radius 2 is 1.94 bits per heavy atom. The van der Waals surface area contributed by atoms with Gasteiger partial charge in [0, 0.05) is 28.4 Å². The number of aliphatic hydroxyl groups excluding tert-OH is 1. The van der Waals surface area contributed by atoms with Crippen molar-refractivity contribution in [2.24, 2.45) is 22.7 Å². The summed E-state index contributed by atoms with van der Waals surface area (Å²) in [5.41, 5.74) is 1.31. The summed E-state index contributed by atoms with van der Waals surface area (Å²) in [4.78, 5) is 17.5. The molecule has 3 fully saturated rings. The molecule has 3 unspecified atom stereocenters. The minimum atomic E-state index is -1.13.